The number of aliphatic hydroxyl groups is 2. The Bertz CT molecular complexity index is 203. The molecule has 0 rings (SSSR count). The van der Waals surface area contributed by atoms with Crippen LogP contribution in [0.25, 0.3) is 0 Å². The van der Waals surface area contributed by atoms with Crippen LogP contribution in [0.3, 0.4) is 0 Å². The summed E-state index contributed by atoms with van der Waals surface area (Å²) < 4.78 is 4.78. The quantitative estimate of drug-likeness (QED) is 0.659. The molecule has 0 aromatic heterocycles. The lowest BCUT2D eigenvalue weighted by Gasteiger charge is -2.04. The Labute approximate surface area is 92.1 Å². The van der Waals surface area contributed by atoms with Gasteiger partial charge in [0.05, 0.1) is 0 Å². The fraction of sp³-hybridized carbons (Fsp3) is 0.667. The zero-order valence-corrected chi connectivity index (χ0v) is 10.0. The van der Waals surface area contributed by atoms with Gasteiger partial charge in [0.15, 0.2) is 0 Å². The zero-order chi connectivity index (χ0) is 11.8. The van der Waals surface area contributed by atoms with Crippen LogP contribution in [0.1, 0.15) is 40.5 Å². The van der Waals surface area contributed by atoms with E-state index in [2.05, 4.69) is 0 Å². The largest absolute Gasteiger partial charge is 0.481 e. The van der Waals surface area contributed by atoms with E-state index in [9.17, 15) is 10.2 Å². The summed E-state index contributed by atoms with van der Waals surface area (Å²) in [6.07, 6.45) is 4.57. The maximum atomic E-state index is 9.27. The van der Waals surface area contributed by atoms with Gasteiger partial charge < -0.3 is 14.9 Å². The summed E-state index contributed by atoms with van der Waals surface area (Å²) >= 11 is 0. The van der Waals surface area contributed by atoms with Crippen molar-refractivity contribution in [3.63, 3.8) is 0 Å². The van der Waals surface area contributed by atoms with Gasteiger partial charge >= 0.3 is 0 Å². The van der Waals surface area contributed by atoms with Crippen molar-refractivity contribution in [2.75, 3.05) is 0 Å². The molecule has 3 heteroatoms. The fourth-order valence-electron chi connectivity index (χ4n) is 0.864. The molecule has 0 heterocycles. The molecule has 15 heavy (non-hydrogen) atoms. The fourth-order valence-corrected chi connectivity index (χ4v) is 0.864. The normalized spacial score (nSPS) is 13.7. The zero-order valence-electron chi connectivity index (χ0n) is 10.0. The minimum Gasteiger partial charge on any atom is -0.481 e. The van der Waals surface area contributed by atoms with Crippen molar-refractivity contribution in [3.05, 3.63) is 24.0 Å². The molecule has 0 atom stereocenters. The lowest BCUT2D eigenvalue weighted by molar-refractivity contribution is 0.0656. The van der Waals surface area contributed by atoms with Crippen LogP contribution >= 0.6 is 0 Å². The van der Waals surface area contributed by atoms with Crippen molar-refractivity contribution in [1.82, 2.24) is 0 Å². The highest BCUT2D eigenvalue weighted by molar-refractivity contribution is 4.90. The number of hydrogen-bond acceptors (Lipinski definition) is 3. The van der Waals surface area contributed by atoms with Crippen LogP contribution in [-0.4, -0.2) is 10.2 Å². The van der Waals surface area contributed by atoms with E-state index in [0.717, 1.165) is 12.8 Å². The monoisotopic (exact) mass is 214 g/mol. The molecule has 0 aromatic rings. The van der Waals surface area contributed by atoms with Crippen molar-refractivity contribution in [3.8, 4) is 0 Å². The van der Waals surface area contributed by atoms with Gasteiger partial charge in [0.25, 0.3) is 11.9 Å². The minimum atomic E-state index is -0.235. The van der Waals surface area contributed by atoms with E-state index in [1.165, 1.54) is 0 Å². The van der Waals surface area contributed by atoms with Crippen molar-refractivity contribution in [1.29, 1.82) is 0 Å². The molecule has 88 valence electrons. The molecule has 3 nitrogen and oxygen atoms in total. The SMILES string of the molecule is CC(C)CC=C(O)OC(O)=CCC(C)C. The highest BCUT2D eigenvalue weighted by atomic mass is 16.7. The lowest BCUT2D eigenvalue weighted by atomic mass is 10.1. The van der Waals surface area contributed by atoms with Crippen molar-refractivity contribution >= 4 is 0 Å². The highest BCUT2D eigenvalue weighted by Crippen LogP contribution is 2.09. The number of aliphatic hydroxyl groups excluding tert-OH is 2. The first-order valence-electron chi connectivity index (χ1n) is 5.38. The number of rotatable bonds is 6. The maximum Gasteiger partial charge on any atom is 0.280 e. The minimum absolute atomic E-state index is 0.235. The van der Waals surface area contributed by atoms with Crippen LogP contribution in [0.4, 0.5) is 0 Å². The van der Waals surface area contributed by atoms with E-state index in [1.807, 2.05) is 27.7 Å². The second kappa shape index (κ2) is 7.21. The average Bonchev–Trinajstić information content (AvgIpc) is 2.11. The van der Waals surface area contributed by atoms with E-state index in [0.29, 0.717) is 11.8 Å². The molecule has 0 radical (unpaired) electrons. The first-order valence-corrected chi connectivity index (χ1v) is 5.38. The summed E-state index contributed by atoms with van der Waals surface area (Å²) in [6.45, 7) is 8.16. The first-order chi connectivity index (χ1) is 6.91. The molecule has 0 saturated heterocycles. The second-order valence-electron chi connectivity index (χ2n) is 4.45. The molecule has 0 saturated carbocycles. The molecular formula is C12H22O3. The Morgan fingerprint density at radius 2 is 1.27 bits per heavy atom. The van der Waals surface area contributed by atoms with Gasteiger partial charge in [-0.1, -0.05) is 27.7 Å². The van der Waals surface area contributed by atoms with Crippen molar-refractivity contribution in [2.45, 2.75) is 40.5 Å². The Morgan fingerprint density at radius 1 is 0.933 bits per heavy atom. The smallest absolute Gasteiger partial charge is 0.280 e. The van der Waals surface area contributed by atoms with Crippen LogP contribution in [-0.2, 0) is 4.74 Å². The Kier molecular flexibility index (Phi) is 6.67. The molecule has 0 aliphatic rings. The molecule has 0 bridgehead atoms. The van der Waals surface area contributed by atoms with Crippen LogP contribution in [0.15, 0.2) is 24.0 Å². The van der Waals surface area contributed by atoms with E-state index in [-0.39, 0.29) is 11.9 Å². The predicted molar refractivity (Wildman–Crippen MR) is 61.4 cm³/mol. The molecule has 0 unspecified atom stereocenters. The van der Waals surface area contributed by atoms with Gasteiger partial charge in [-0.05, 0) is 36.8 Å². The summed E-state index contributed by atoms with van der Waals surface area (Å²) in [5.74, 6) is 0.442. The summed E-state index contributed by atoms with van der Waals surface area (Å²) in [6, 6.07) is 0. The summed E-state index contributed by atoms with van der Waals surface area (Å²) in [4.78, 5) is 0. The van der Waals surface area contributed by atoms with Gasteiger partial charge in [-0.3, -0.25) is 0 Å². The van der Waals surface area contributed by atoms with Crippen molar-refractivity contribution < 1.29 is 14.9 Å². The standard InChI is InChI=1S/C12H22O3/c1-9(2)5-7-11(13)15-12(14)8-6-10(3)4/h7-10,13-14H,5-6H2,1-4H3. The summed E-state index contributed by atoms with van der Waals surface area (Å²) in [7, 11) is 0. The Balaban J connectivity index is 3.99. The third-order valence-electron chi connectivity index (χ3n) is 1.74. The third kappa shape index (κ3) is 9.19. The molecule has 0 aliphatic heterocycles. The van der Waals surface area contributed by atoms with Gasteiger partial charge in [-0.25, -0.2) is 0 Å². The molecule has 0 aromatic carbocycles. The number of hydrogen-bond donors (Lipinski definition) is 2. The Hall–Kier alpha value is -1.12. The third-order valence-corrected chi connectivity index (χ3v) is 1.74. The Morgan fingerprint density at radius 3 is 1.53 bits per heavy atom. The van der Waals surface area contributed by atoms with Gasteiger partial charge in [-0.2, -0.15) is 0 Å². The van der Waals surface area contributed by atoms with Crippen LogP contribution in [0, 0.1) is 11.8 Å². The molecule has 0 aliphatic carbocycles. The van der Waals surface area contributed by atoms with Crippen LogP contribution in [0.2, 0.25) is 0 Å². The average molecular weight is 214 g/mol. The lowest BCUT2D eigenvalue weighted by Crippen LogP contribution is -1.94. The molecule has 0 spiro atoms. The van der Waals surface area contributed by atoms with Gasteiger partial charge in [0, 0.05) is 0 Å². The molecule has 0 amide bonds. The molecular weight excluding hydrogens is 192 g/mol. The van der Waals surface area contributed by atoms with Gasteiger partial charge in [-0.15, -0.1) is 0 Å². The van der Waals surface area contributed by atoms with E-state index >= 15 is 0 Å². The molecule has 2 N–H and O–H groups in total. The first kappa shape index (κ1) is 13.9. The second-order valence-corrected chi connectivity index (χ2v) is 4.45. The summed E-state index contributed by atoms with van der Waals surface area (Å²) in [5, 5.41) is 18.5. The van der Waals surface area contributed by atoms with Gasteiger partial charge in [0.1, 0.15) is 0 Å². The number of allylic oxidation sites excluding steroid dienone is 2. The van der Waals surface area contributed by atoms with Crippen molar-refractivity contribution in [2.24, 2.45) is 11.8 Å². The topological polar surface area (TPSA) is 49.7 Å². The van der Waals surface area contributed by atoms with Crippen LogP contribution in [0.5, 0.6) is 0 Å². The predicted octanol–water partition coefficient (Wildman–Crippen LogP) is 3.89. The van der Waals surface area contributed by atoms with Gasteiger partial charge in [0.2, 0.25) is 0 Å². The van der Waals surface area contributed by atoms with E-state index in [1.54, 1.807) is 12.2 Å². The van der Waals surface area contributed by atoms with E-state index < -0.39 is 0 Å². The maximum absolute atomic E-state index is 9.27. The number of ether oxygens (including phenoxy) is 1. The molecule has 0 fully saturated rings. The van der Waals surface area contributed by atoms with Crippen LogP contribution < -0.4 is 0 Å². The summed E-state index contributed by atoms with van der Waals surface area (Å²) in [5.41, 5.74) is 0. The van der Waals surface area contributed by atoms with E-state index in [4.69, 9.17) is 4.74 Å². The highest BCUT2D eigenvalue weighted by Gasteiger charge is 2.00.